The van der Waals surface area contributed by atoms with Crippen LogP contribution >= 0.6 is 11.3 Å². The third-order valence-corrected chi connectivity index (χ3v) is 5.23. The second-order valence-electron chi connectivity index (χ2n) is 5.19. The van der Waals surface area contributed by atoms with Gasteiger partial charge in [-0.2, -0.15) is 0 Å². The molecule has 1 N–H and O–H groups in total. The van der Waals surface area contributed by atoms with Gasteiger partial charge in [0.2, 0.25) is 0 Å². The summed E-state index contributed by atoms with van der Waals surface area (Å²) in [6, 6.07) is 5.75. The predicted octanol–water partition coefficient (Wildman–Crippen LogP) is 3.59. The average Bonchev–Trinajstić information content (AvgIpc) is 2.95. The second-order valence-corrected chi connectivity index (χ2v) is 6.16. The molecule has 1 aromatic rings. The Bertz CT molecular complexity index is 319. The van der Waals surface area contributed by atoms with Gasteiger partial charge in [0.05, 0.1) is 0 Å². The van der Waals surface area contributed by atoms with Gasteiger partial charge in [-0.15, -0.1) is 11.3 Å². The molecule has 3 rings (SSSR count). The molecule has 0 aromatic carbocycles. The minimum absolute atomic E-state index is 0.550. The van der Waals surface area contributed by atoms with E-state index in [0.29, 0.717) is 6.04 Å². The molecule has 15 heavy (non-hydrogen) atoms. The maximum absolute atomic E-state index is 3.82. The molecule has 0 amide bonds. The van der Waals surface area contributed by atoms with Gasteiger partial charge in [-0.3, -0.25) is 0 Å². The van der Waals surface area contributed by atoms with E-state index in [0.717, 1.165) is 17.9 Å². The molecule has 2 fully saturated rings. The summed E-state index contributed by atoms with van der Waals surface area (Å²) in [7, 11) is 0. The lowest BCUT2D eigenvalue weighted by Gasteiger charge is -2.26. The molecule has 4 atom stereocenters. The highest BCUT2D eigenvalue weighted by Gasteiger charge is 2.39. The summed E-state index contributed by atoms with van der Waals surface area (Å²) < 4.78 is 0. The van der Waals surface area contributed by atoms with Crippen LogP contribution < -0.4 is 5.32 Å². The molecule has 2 bridgehead atoms. The van der Waals surface area contributed by atoms with Crippen LogP contribution in [0.5, 0.6) is 0 Å². The largest absolute Gasteiger partial charge is 0.306 e. The van der Waals surface area contributed by atoms with Gasteiger partial charge < -0.3 is 5.32 Å². The molecule has 4 unspecified atom stereocenters. The second kappa shape index (κ2) is 3.91. The number of hydrogen-bond acceptors (Lipinski definition) is 2. The van der Waals surface area contributed by atoms with Crippen LogP contribution in [0.3, 0.4) is 0 Å². The predicted molar refractivity (Wildman–Crippen MR) is 65.1 cm³/mol. The highest BCUT2D eigenvalue weighted by Crippen LogP contribution is 2.45. The first-order valence-electron chi connectivity index (χ1n) is 6.12. The molecule has 2 aliphatic carbocycles. The number of hydrogen-bond donors (Lipinski definition) is 1. The lowest BCUT2D eigenvalue weighted by molar-refractivity contribution is 0.328. The monoisotopic (exact) mass is 221 g/mol. The molecule has 0 aliphatic heterocycles. The van der Waals surface area contributed by atoms with Crippen molar-refractivity contribution in [2.24, 2.45) is 11.8 Å². The zero-order chi connectivity index (χ0) is 10.3. The summed E-state index contributed by atoms with van der Waals surface area (Å²) in [4.78, 5) is 1.48. The zero-order valence-electron chi connectivity index (χ0n) is 9.28. The van der Waals surface area contributed by atoms with Gasteiger partial charge in [0, 0.05) is 17.0 Å². The van der Waals surface area contributed by atoms with Crippen molar-refractivity contribution >= 4 is 11.3 Å². The van der Waals surface area contributed by atoms with Crippen LogP contribution in [0.1, 0.15) is 43.5 Å². The van der Waals surface area contributed by atoms with Gasteiger partial charge in [-0.25, -0.2) is 0 Å². The van der Waals surface area contributed by atoms with Crippen molar-refractivity contribution in [1.82, 2.24) is 5.32 Å². The summed E-state index contributed by atoms with van der Waals surface area (Å²) in [5.41, 5.74) is 0. The molecular weight excluding hydrogens is 202 g/mol. The van der Waals surface area contributed by atoms with Crippen molar-refractivity contribution in [3.05, 3.63) is 22.4 Å². The maximum Gasteiger partial charge on any atom is 0.0388 e. The van der Waals surface area contributed by atoms with Crippen LogP contribution in [0.25, 0.3) is 0 Å². The molecule has 2 saturated carbocycles. The Hall–Kier alpha value is -0.340. The SMILES string of the molecule is CC(NC1CC2CCC1C2)c1cccs1. The number of nitrogens with one attached hydrogen (secondary N) is 1. The first kappa shape index (κ1) is 9.86. The molecule has 2 aliphatic rings. The lowest BCUT2D eigenvalue weighted by atomic mass is 9.95. The number of fused-ring (bicyclic) bond motifs is 2. The molecule has 1 nitrogen and oxygen atoms in total. The van der Waals surface area contributed by atoms with Crippen molar-refractivity contribution in [2.75, 3.05) is 0 Å². The van der Waals surface area contributed by atoms with Crippen molar-refractivity contribution in [2.45, 2.75) is 44.7 Å². The van der Waals surface area contributed by atoms with E-state index >= 15 is 0 Å². The highest BCUT2D eigenvalue weighted by atomic mass is 32.1. The topological polar surface area (TPSA) is 12.0 Å². The average molecular weight is 221 g/mol. The smallest absolute Gasteiger partial charge is 0.0388 e. The van der Waals surface area contributed by atoms with Gasteiger partial charge in [-0.1, -0.05) is 12.5 Å². The van der Waals surface area contributed by atoms with Crippen molar-refractivity contribution in [3.8, 4) is 0 Å². The first-order chi connectivity index (χ1) is 7.33. The van der Waals surface area contributed by atoms with Crippen LogP contribution in [-0.2, 0) is 0 Å². The summed E-state index contributed by atoms with van der Waals surface area (Å²) >= 11 is 1.87. The van der Waals surface area contributed by atoms with E-state index in [2.05, 4.69) is 29.8 Å². The summed E-state index contributed by atoms with van der Waals surface area (Å²) in [6.45, 7) is 2.30. The van der Waals surface area contributed by atoms with Gasteiger partial charge in [-0.05, 0) is 49.5 Å². The Balaban J connectivity index is 1.62. The normalized spacial score (nSPS) is 35.9. The molecule has 0 radical (unpaired) electrons. The van der Waals surface area contributed by atoms with Gasteiger partial charge in [0.15, 0.2) is 0 Å². The van der Waals surface area contributed by atoms with Crippen LogP contribution in [0.4, 0.5) is 0 Å². The van der Waals surface area contributed by atoms with E-state index in [1.54, 1.807) is 0 Å². The molecule has 0 saturated heterocycles. The van der Waals surface area contributed by atoms with E-state index in [1.807, 2.05) is 11.3 Å². The van der Waals surface area contributed by atoms with Crippen LogP contribution in [0, 0.1) is 11.8 Å². The molecule has 2 heteroatoms. The maximum atomic E-state index is 3.82. The van der Waals surface area contributed by atoms with Crippen molar-refractivity contribution in [3.63, 3.8) is 0 Å². The summed E-state index contributed by atoms with van der Waals surface area (Å²) in [5, 5.41) is 6.00. The standard InChI is InChI=1S/C13H19NS/c1-9(13-3-2-6-15-13)14-12-8-10-4-5-11(12)7-10/h2-3,6,9-12,14H,4-5,7-8H2,1H3. The summed E-state index contributed by atoms with van der Waals surface area (Å²) in [6.07, 6.45) is 5.89. The van der Waals surface area contributed by atoms with Crippen molar-refractivity contribution in [1.29, 1.82) is 0 Å². The van der Waals surface area contributed by atoms with Crippen molar-refractivity contribution < 1.29 is 0 Å². The minimum Gasteiger partial charge on any atom is -0.306 e. The van der Waals surface area contributed by atoms with E-state index in [-0.39, 0.29) is 0 Å². The quantitative estimate of drug-likeness (QED) is 0.822. The summed E-state index contributed by atoms with van der Waals surface area (Å²) in [5.74, 6) is 2.03. The van der Waals surface area contributed by atoms with E-state index in [9.17, 15) is 0 Å². The third-order valence-electron chi connectivity index (χ3n) is 4.17. The Morgan fingerprint density at radius 1 is 1.40 bits per heavy atom. The van der Waals surface area contributed by atoms with Gasteiger partial charge in [0.1, 0.15) is 0 Å². The highest BCUT2D eigenvalue weighted by molar-refractivity contribution is 7.10. The first-order valence-corrected chi connectivity index (χ1v) is 7.00. The van der Waals surface area contributed by atoms with E-state index < -0.39 is 0 Å². The Morgan fingerprint density at radius 2 is 2.33 bits per heavy atom. The molecular formula is C13H19NS. The Labute approximate surface area is 95.9 Å². The molecule has 82 valence electrons. The van der Waals surface area contributed by atoms with Crippen LogP contribution in [0.2, 0.25) is 0 Å². The fourth-order valence-corrected chi connectivity index (χ4v) is 4.13. The molecule has 0 spiro atoms. The van der Waals surface area contributed by atoms with Gasteiger partial charge >= 0.3 is 0 Å². The molecule has 1 heterocycles. The van der Waals surface area contributed by atoms with Crippen LogP contribution in [0.15, 0.2) is 17.5 Å². The fourth-order valence-electron chi connectivity index (χ4n) is 3.39. The van der Waals surface area contributed by atoms with E-state index in [1.165, 1.54) is 30.6 Å². The zero-order valence-corrected chi connectivity index (χ0v) is 10.1. The van der Waals surface area contributed by atoms with E-state index in [4.69, 9.17) is 0 Å². The molecule has 1 aromatic heterocycles. The van der Waals surface area contributed by atoms with Gasteiger partial charge in [0.25, 0.3) is 0 Å². The fraction of sp³-hybridized carbons (Fsp3) is 0.692. The number of thiophene rings is 1. The third kappa shape index (κ3) is 1.85. The Kier molecular flexibility index (Phi) is 2.57. The minimum atomic E-state index is 0.550. The van der Waals surface area contributed by atoms with Crippen LogP contribution in [-0.4, -0.2) is 6.04 Å². The number of rotatable bonds is 3. The Morgan fingerprint density at radius 3 is 2.93 bits per heavy atom. The lowest BCUT2D eigenvalue weighted by Crippen LogP contribution is -2.35.